The largest absolute Gasteiger partial charge is 0.478 e. The Labute approximate surface area is 108 Å². The maximum Gasteiger partial charge on any atom is 0.335 e. The molecule has 1 heterocycles. The summed E-state index contributed by atoms with van der Waals surface area (Å²) in [6.07, 6.45) is 0. The highest BCUT2D eigenvalue weighted by molar-refractivity contribution is 5.87. The highest BCUT2D eigenvalue weighted by Gasteiger charge is 2.22. The minimum atomic E-state index is -1.02. The number of hydrogen-bond acceptors (Lipinski definition) is 4. The van der Waals surface area contributed by atoms with Crippen molar-refractivity contribution in [2.24, 2.45) is 0 Å². The van der Waals surface area contributed by atoms with E-state index in [4.69, 9.17) is 5.11 Å². The van der Waals surface area contributed by atoms with E-state index in [9.17, 15) is 14.9 Å². The number of aryl methyl sites for hydroxylation is 1. The summed E-state index contributed by atoms with van der Waals surface area (Å²) in [5, 5.41) is 23.8. The third kappa shape index (κ3) is 2.17. The molecule has 1 aromatic carbocycles. The number of carboxylic acid groups (broad SMARTS) is 1. The Bertz CT molecular complexity index is 658. The Morgan fingerprint density at radius 2 is 1.89 bits per heavy atom. The number of nitro groups is 1. The van der Waals surface area contributed by atoms with Crippen molar-refractivity contribution < 1.29 is 14.8 Å². The number of carbonyl (C=O) groups is 1. The van der Waals surface area contributed by atoms with Gasteiger partial charge in [0.25, 0.3) is 0 Å². The van der Waals surface area contributed by atoms with Crippen molar-refractivity contribution >= 4 is 11.7 Å². The van der Waals surface area contributed by atoms with Gasteiger partial charge in [-0.3, -0.25) is 10.1 Å². The molecule has 0 atom stereocenters. The van der Waals surface area contributed by atoms with Crippen molar-refractivity contribution in [3.8, 4) is 5.69 Å². The molecular weight excluding hydrogens is 250 g/mol. The number of hydrogen-bond donors (Lipinski definition) is 1. The Kier molecular flexibility index (Phi) is 3.04. The second-order valence-electron chi connectivity index (χ2n) is 4.04. The summed E-state index contributed by atoms with van der Waals surface area (Å²) >= 11 is 0. The van der Waals surface area contributed by atoms with E-state index in [2.05, 4.69) is 5.10 Å². The molecule has 0 fully saturated rings. The van der Waals surface area contributed by atoms with Crippen LogP contribution in [0, 0.1) is 24.0 Å². The summed E-state index contributed by atoms with van der Waals surface area (Å²) in [6.45, 7) is 3.16. The van der Waals surface area contributed by atoms with Gasteiger partial charge in [-0.25, -0.2) is 9.48 Å². The molecule has 0 saturated carbocycles. The molecule has 0 bridgehead atoms. The molecule has 0 saturated heterocycles. The zero-order valence-corrected chi connectivity index (χ0v) is 10.3. The van der Waals surface area contributed by atoms with Crippen LogP contribution in [0.2, 0.25) is 0 Å². The number of aromatic carboxylic acids is 1. The first-order valence-electron chi connectivity index (χ1n) is 5.46. The summed E-state index contributed by atoms with van der Waals surface area (Å²) in [5.74, 6) is -1.02. The molecule has 0 aliphatic rings. The maximum absolute atomic E-state index is 10.9. The van der Waals surface area contributed by atoms with E-state index in [-0.39, 0.29) is 11.3 Å². The lowest BCUT2D eigenvalue weighted by Crippen LogP contribution is -2.01. The number of carboxylic acids is 1. The molecule has 1 N–H and O–H groups in total. The van der Waals surface area contributed by atoms with E-state index in [1.807, 2.05) is 0 Å². The number of nitrogens with zero attached hydrogens (tertiary/aromatic N) is 3. The molecule has 19 heavy (non-hydrogen) atoms. The van der Waals surface area contributed by atoms with E-state index in [0.29, 0.717) is 17.1 Å². The lowest BCUT2D eigenvalue weighted by atomic mass is 10.2. The van der Waals surface area contributed by atoms with Crippen LogP contribution in [0.25, 0.3) is 5.69 Å². The molecule has 7 nitrogen and oxygen atoms in total. The third-order valence-corrected chi connectivity index (χ3v) is 2.79. The summed E-state index contributed by atoms with van der Waals surface area (Å²) in [4.78, 5) is 21.2. The quantitative estimate of drug-likeness (QED) is 0.673. The van der Waals surface area contributed by atoms with Gasteiger partial charge >= 0.3 is 11.7 Å². The second-order valence-corrected chi connectivity index (χ2v) is 4.04. The van der Waals surface area contributed by atoms with E-state index in [1.54, 1.807) is 26.0 Å². The summed E-state index contributed by atoms with van der Waals surface area (Å²) in [5.41, 5.74) is 1.44. The second kappa shape index (κ2) is 4.52. The fourth-order valence-electron chi connectivity index (χ4n) is 1.90. The monoisotopic (exact) mass is 261 g/mol. The standard InChI is InChI=1S/C12H11N3O4/c1-7-11(15(18)19)8(2)14(13-7)10-5-3-9(4-6-10)12(16)17/h3-6H,1-2H3,(H,16,17). The number of aromatic nitrogens is 2. The average Bonchev–Trinajstić information content (AvgIpc) is 2.65. The van der Waals surface area contributed by atoms with Crippen LogP contribution in [0.1, 0.15) is 21.7 Å². The van der Waals surface area contributed by atoms with Crippen LogP contribution in [0.3, 0.4) is 0 Å². The SMILES string of the molecule is Cc1nn(-c2ccc(C(=O)O)cc2)c(C)c1[N+](=O)[O-]. The highest BCUT2D eigenvalue weighted by Crippen LogP contribution is 2.24. The van der Waals surface area contributed by atoms with Crippen molar-refractivity contribution in [1.82, 2.24) is 9.78 Å². The van der Waals surface area contributed by atoms with Crippen molar-refractivity contribution in [2.45, 2.75) is 13.8 Å². The van der Waals surface area contributed by atoms with Gasteiger partial charge < -0.3 is 5.11 Å². The van der Waals surface area contributed by atoms with Gasteiger partial charge in [-0.05, 0) is 38.1 Å². The minimum Gasteiger partial charge on any atom is -0.478 e. The van der Waals surface area contributed by atoms with E-state index >= 15 is 0 Å². The number of rotatable bonds is 3. The van der Waals surface area contributed by atoms with Crippen LogP contribution in [-0.2, 0) is 0 Å². The molecule has 0 aliphatic carbocycles. The average molecular weight is 261 g/mol. The third-order valence-electron chi connectivity index (χ3n) is 2.79. The first kappa shape index (κ1) is 12.7. The van der Waals surface area contributed by atoms with E-state index in [0.717, 1.165) is 0 Å². The molecule has 0 unspecified atom stereocenters. The maximum atomic E-state index is 10.9. The zero-order valence-electron chi connectivity index (χ0n) is 10.3. The minimum absolute atomic E-state index is 0.0256. The van der Waals surface area contributed by atoms with Crippen LogP contribution in [0.4, 0.5) is 5.69 Å². The Morgan fingerprint density at radius 1 is 1.32 bits per heavy atom. The Hall–Kier alpha value is -2.70. The first-order chi connectivity index (χ1) is 8.91. The number of benzene rings is 1. The van der Waals surface area contributed by atoms with Crippen LogP contribution in [0.15, 0.2) is 24.3 Å². The van der Waals surface area contributed by atoms with Crippen LogP contribution < -0.4 is 0 Å². The van der Waals surface area contributed by atoms with Gasteiger partial charge in [0.15, 0.2) is 0 Å². The fraction of sp³-hybridized carbons (Fsp3) is 0.167. The molecule has 7 heteroatoms. The van der Waals surface area contributed by atoms with E-state index < -0.39 is 10.9 Å². The Balaban J connectivity index is 2.51. The molecule has 98 valence electrons. The first-order valence-corrected chi connectivity index (χ1v) is 5.46. The van der Waals surface area contributed by atoms with Crippen molar-refractivity contribution in [3.05, 3.63) is 51.3 Å². The fourth-order valence-corrected chi connectivity index (χ4v) is 1.90. The summed E-state index contributed by atoms with van der Waals surface area (Å²) in [7, 11) is 0. The van der Waals surface area contributed by atoms with Crippen LogP contribution >= 0.6 is 0 Å². The van der Waals surface area contributed by atoms with Gasteiger partial charge in [-0.15, -0.1) is 0 Å². The van der Waals surface area contributed by atoms with Gasteiger partial charge in [0.2, 0.25) is 0 Å². The summed E-state index contributed by atoms with van der Waals surface area (Å²) < 4.78 is 1.43. The van der Waals surface area contributed by atoms with Crippen molar-refractivity contribution in [1.29, 1.82) is 0 Å². The van der Waals surface area contributed by atoms with E-state index in [1.165, 1.54) is 16.8 Å². The normalized spacial score (nSPS) is 10.4. The van der Waals surface area contributed by atoms with Gasteiger partial charge in [-0.1, -0.05) is 0 Å². The molecule has 0 aliphatic heterocycles. The van der Waals surface area contributed by atoms with Crippen molar-refractivity contribution in [3.63, 3.8) is 0 Å². The molecular formula is C12H11N3O4. The zero-order chi connectivity index (χ0) is 14.2. The molecule has 0 amide bonds. The predicted molar refractivity (Wildman–Crippen MR) is 66.7 cm³/mol. The van der Waals surface area contributed by atoms with Crippen LogP contribution in [0.5, 0.6) is 0 Å². The van der Waals surface area contributed by atoms with Crippen LogP contribution in [-0.4, -0.2) is 25.8 Å². The van der Waals surface area contributed by atoms with Gasteiger partial charge in [0.05, 0.1) is 16.2 Å². The molecule has 2 aromatic rings. The molecule has 0 radical (unpaired) electrons. The molecule has 0 spiro atoms. The van der Waals surface area contributed by atoms with Crippen molar-refractivity contribution in [2.75, 3.05) is 0 Å². The topological polar surface area (TPSA) is 98.3 Å². The highest BCUT2D eigenvalue weighted by atomic mass is 16.6. The smallest absolute Gasteiger partial charge is 0.335 e. The van der Waals surface area contributed by atoms with Gasteiger partial charge in [-0.2, -0.15) is 5.10 Å². The lowest BCUT2D eigenvalue weighted by molar-refractivity contribution is -0.386. The van der Waals surface area contributed by atoms with Gasteiger partial charge in [0.1, 0.15) is 11.4 Å². The van der Waals surface area contributed by atoms with Gasteiger partial charge in [0, 0.05) is 0 Å². The Morgan fingerprint density at radius 3 is 2.32 bits per heavy atom. The molecule has 1 aromatic heterocycles. The lowest BCUT2D eigenvalue weighted by Gasteiger charge is -2.03. The predicted octanol–water partition coefficient (Wildman–Crippen LogP) is 2.10. The molecule has 2 rings (SSSR count). The summed E-state index contributed by atoms with van der Waals surface area (Å²) in [6, 6.07) is 5.99.